The zero-order valence-electron chi connectivity index (χ0n) is 19.2. The molecule has 2 amide bonds. The summed E-state index contributed by atoms with van der Waals surface area (Å²) in [4.78, 5) is 30.3. The van der Waals surface area contributed by atoms with Crippen LogP contribution in [0.4, 0.5) is 4.79 Å². The van der Waals surface area contributed by atoms with E-state index in [4.69, 9.17) is 9.15 Å². The highest BCUT2D eigenvalue weighted by molar-refractivity contribution is 5.86. The van der Waals surface area contributed by atoms with Gasteiger partial charge in [-0.1, -0.05) is 13.8 Å². The van der Waals surface area contributed by atoms with Crippen LogP contribution in [0.2, 0.25) is 0 Å². The molecule has 30 heavy (non-hydrogen) atoms. The normalized spacial score (nSPS) is 13.0. The first-order valence-corrected chi connectivity index (χ1v) is 10.2. The molecule has 9 nitrogen and oxygen atoms in total. The Morgan fingerprint density at radius 1 is 1.27 bits per heavy atom. The number of hydrogen-bond acceptors (Lipinski definition) is 5. The molecule has 3 N–H and O–H groups in total. The molecule has 0 aliphatic rings. The van der Waals surface area contributed by atoms with Gasteiger partial charge in [-0.2, -0.15) is 0 Å². The van der Waals surface area contributed by atoms with E-state index in [0.717, 1.165) is 0 Å². The third-order valence-corrected chi connectivity index (χ3v) is 4.30. The third kappa shape index (κ3) is 10.2. The van der Waals surface area contributed by atoms with Gasteiger partial charge in [-0.25, -0.2) is 4.79 Å². The van der Waals surface area contributed by atoms with Gasteiger partial charge in [-0.05, 0) is 45.2 Å². The molecule has 1 aromatic rings. The maximum Gasteiger partial charge on any atom is 0.407 e. The standard InChI is InChI=1S/C21H37N5O4/c1-15(2)17(25-20(28)30-21(3,4)5)10-11-26(7)19(22-6)24-14-18(27)23-13-16-9-8-12-29-16/h8-9,12,15,17H,10-11,13-14H2,1-7H3,(H,22,24)(H,23,27)(H,25,28). The Bertz CT molecular complexity index is 680. The van der Waals surface area contributed by atoms with E-state index >= 15 is 0 Å². The van der Waals surface area contributed by atoms with Crippen LogP contribution in [-0.2, 0) is 16.1 Å². The summed E-state index contributed by atoms with van der Waals surface area (Å²) < 4.78 is 10.5. The molecule has 1 unspecified atom stereocenters. The smallest absolute Gasteiger partial charge is 0.407 e. The molecule has 0 radical (unpaired) electrons. The molecule has 1 heterocycles. The SMILES string of the molecule is CN=C(NCC(=O)NCc1ccco1)N(C)CCC(NC(=O)OC(C)(C)C)C(C)C. The van der Waals surface area contributed by atoms with E-state index in [0.29, 0.717) is 31.2 Å². The lowest BCUT2D eigenvalue weighted by molar-refractivity contribution is -0.120. The van der Waals surface area contributed by atoms with Crippen LogP contribution >= 0.6 is 0 Å². The topological polar surface area (TPSA) is 108 Å². The van der Waals surface area contributed by atoms with E-state index < -0.39 is 11.7 Å². The van der Waals surface area contributed by atoms with Gasteiger partial charge in [-0.3, -0.25) is 9.79 Å². The minimum absolute atomic E-state index is 0.0444. The van der Waals surface area contributed by atoms with Gasteiger partial charge in [0.25, 0.3) is 0 Å². The van der Waals surface area contributed by atoms with E-state index in [-0.39, 0.29) is 24.4 Å². The fourth-order valence-electron chi connectivity index (χ4n) is 2.68. The molecule has 0 aromatic carbocycles. The molecule has 1 atom stereocenters. The number of rotatable bonds is 9. The van der Waals surface area contributed by atoms with Crippen molar-refractivity contribution >= 4 is 18.0 Å². The highest BCUT2D eigenvalue weighted by Gasteiger charge is 2.22. The number of alkyl carbamates (subject to hydrolysis) is 1. The summed E-state index contributed by atoms with van der Waals surface area (Å²) >= 11 is 0. The second kappa shape index (κ2) is 12.1. The van der Waals surface area contributed by atoms with Gasteiger partial charge >= 0.3 is 6.09 Å². The minimum Gasteiger partial charge on any atom is -0.467 e. The van der Waals surface area contributed by atoms with E-state index in [1.807, 2.05) is 32.7 Å². The first kappa shape index (κ1) is 25.3. The van der Waals surface area contributed by atoms with Gasteiger partial charge in [0.1, 0.15) is 11.4 Å². The predicted octanol–water partition coefficient (Wildman–Crippen LogP) is 2.34. The fourth-order valence-corrected chi connectivity index (χ4v) is 2.68. The number of hydrogen-bond donors (Lipinski definition) is 3. The number of ether oxygens (including phenoxy) is 1. The maximum absolute atomic E-state index is 12.1. The molecule has 1 aromatic heterocycles. The van der Waals surface area contributed by atoms with Crippen LogP contribution in [0.3, 0.4) is 0 Å². The molecule has 9 heteroatoms. The first-order chi connectivity index (χ1) is 14.0. The van der Waals surface area contributed by atoms with Crippen LogP contribution in [0.5, 0.6) is 0 Å². The Hall–Kier alpha value is -2.71. The Balaban J connectivity index is 2.45. The summed E-state index contributed by atoms with van der Waals surface area (Å²) in [6.45, 7) is 10.7. The van der Waals surface area contributed by atoms with Crippen LogP contribution in [0.1, 0.15) is 46.8 Å². The zero-order chi connectivity index (χ0) is 22.7. The molecule has 0 saturated carbocycles. The van der Waals surface area contributed by atoms with Crippen molar-refractivity contribution in [1.29, 1.82) is 0 Å². The summed E-state index contributed by atoms with van der Waals surface area (Å²) in [7, 11) is 3.55. The summed E-state index contributed by atoms with van der Waals surface area (Å²) in [6.07, 6.45) is 1.86. The number of furan rings is 1. The number of aliphatic imine (C=N–C) groups is 1. The number of nitrogens with one attached hydrogen (secondary N) is 3. The number of carbonyl (C=O) groups is 2. The third-order valence-electron chi connectivity index (χ3n) is 4.30. The number of guanidine groups is 1. The van der Waals surface area contributed by atoms with Gasteiger partial charge in [0.15, 0.2) is 5.96 Å². The van der Waals surface area contributed by atoms with E-state index in [1.165, 1.54) is 0 Å². The monoisotopic (exact) mass is 423 g/mol. The molecule has 0 saturated heterocycles. The van der Waals surface area contributed by atoms with E-state index in [2.05, 4.69) is 34.8 Å². The second-order valence-corrected chi connectivity index (χ2v) is 8.46. The minimum atomic E-state index is -0.536. The Morgan fingerprint density at radius 2 is 1.97 bits per heavy atom. The molecular formula is C21H37N5O4. The van der Waals surface area contributed by atoms with Crippen LogP contribution in [0.25, 0.3) is 0 Å². The Kier molecular flexibility index (Phi) is 10.2. The van der Waals surface area contributed by atoms with Gasteiger partial charge in [0, 0.05) is 26.7 Å². The average molecular weight is 424 g/mol. The lowest BCUT2D eigenvalue weighted by atomic mass is 10.0. The molecule has 1 rings (SSSR count). The Labute approximate surface area is 179 Å². The van der Waals surface area contributed by atoms with Crippen LogP contribution < -0.4 is 16.0 Å². The number of carbonyl (C=O) groups excluding carboxylic acids is 2. The molecule has 0 spiro atoms. The second-order valence-electron chi connectivity index (χ2n) is 8.46. The number of nitrogens with zero attached hydrogens (tertiary/aromatic N) is 2. The van der Waals surface area contributed by atoms with Crippen molar-refractivity contribution in [2.24, 2.45) is 10.9 Å². The molecule has 0 bridgehead atoms. The van der Waals surface area contributed by atoms with Crippen molar-refractivity contribution in [3.8, 4) is 0 Å². The van der Waals surface area contributed by atoms with Crippen LogP contribution in [0, 0.1) is 5.92 Å². The van der Waals surface area contributed by atoms with Gasteiger partial charge in [0.05, 0.1) is 19.4 Å². The first-order valence-electron chi connectivity index (χ1n) is 10.2. The van der Waals surface area contributed by atoms with Gasteiger partial charge in [-0.15, -0.1) is 0 Å². The molecule has 0 fully saturated rings. The summed E-state index contributed by atoms with van der Waals surface area (Å²) in [5, 5.41) is 8.77. The fraction of sp³-hybridized carbons (Fsp3) is 0.667. The summed E-state index contributed by atoms with van der Waals surface area (Å²) in [5.41, 5.74) is -0.536. The lowest BCUT2D eigenvalue weighted by Gasteiger charge is -2.28. The van der Waals surface area contributed by atoms with Crippen molar-refractivity contribution in [2.75, 3.05) is 27.2 Å². The zero-order valence-corrected chi connectivity index (χ0v) is 19.2. The van der Waals surface area contributed by atoms with Gasteiger partial charge < -0.3 is 30.0 Å². The van der Waals surface area contributed by atoms with Crippen LogP contribution in [-0.4, -0.2) is 61.7 Å². The van der Waals surface area contributed by atoms with E-state index in [9.17, 15) is 9.59 Å². The molecule has 170 valence electrons. The molecule has 0 aliphatic carbocycles. The van der Waals surface area contributed by atoms with Crippen molar-refractivity contribution < 1.29 is 18.7 Å². The highest BCUT2D eigenvalue weighted by Crippen LogP contribution is 2.11. The lowest BCUT2D eigenvalue weighted by Crippen LogP contribution is -2.47. The Morgan fingerprint density at radius 3 is 2.50 bits per heavy atom. The van der Waals surface area contributed by atoms with Crippen molar-refractivity contribution in [3.05, 3.63) is 24.2 Å². The average Bonchev–Trinajstić information content (AvgIpc) is 3.15. The number of amides is 2. The van der Waals surface area contributed by atoms with E-state index in [1.54, 1.807) is 25.4 Å². The maximum atomic E-state index is 12.1. The van der Waals surface area contributed by atoms with Crippen molar-refractivity contribution in [2.45, 2.75) is 59.2 Å². The van der Waals surface area contributed by atoms with Gasteiger partial charge in [0.2, 0.25) is 5.91 Å². The molecule has 0 aliphatic heterocycles. The summed E-state index contributed by atoms with van der Waals surface area (Å²) in [6, 6.07) is 3.53. The quantitative estimate of drug-likeness (QED) is 0.416. The highest BCUT2D eigenvalue weighted by atomic mass is 16.6. The molecular weight excluding hydrogens is 386 g/mol. The predicted molar refractivity (Wildman–Crippen MR) is 117 cm³/mol. The van der Waals surface area contributed by atoms with Crippen molar-refractivity contribution in [3.63, 3.8) is 0 Å². The largest absolute Gasteiger partial charge is 0.467 e. The summed E-state index contributed by atoms with van der Waals surface area (Å²) in [5.74, 6) is 1.38. The van der Waals surface area contributed by atoms with Crippen molar-refractivity contribution in [1.82, 2.24) is 20.9 Å². The van der Waals surface area contributed by atoms with Crippen LogP contribution in [0.15, 0.2) is 27.8 Å².